The summed E-state index contributed by atoms with van der Waals surface area (Å²) in [5.41, 5.74) is 4.33. The van der Waals surface area contributed by atoms with Gasteiger partial charge in [-0.05, 0) is 60.8 Å². The maximum atomic E-state index is 12.2. The number of rotatable bonds is 5. The number of hydrogen-bond donors (Lipinski definition) is 0. The number of piperidine rings is 1. The van der Waals surface area contributed by atoms with Crippen LogP contribution in [0.25, 0.3) is 5.69 Å². The molecule has 1 aromatic heterocycles. The van der Waals surface area contributed by atoms with E-state index in [9.17, 15) is 4.79 Å². The molecule has 3 aliphatic rings. The molecule has 1 amide bonds. The Bertz CT molecular complexity index is 881. The summed E-state index contributed by atoms with van der Waals surface area (Å²) >= 11 is 0. The number of hydrogen-bond acceptors (Lipinski definition) is 5. The van der Waals surface area contributed by atoms with E-state index in [-0.39, 0.29) is 6.09 Å². The minimum atomic E-state index is -0.123. The van der Waals surface area contributed by atoms with Gasteiger partial charge in [-0.1, -0.05) is 19.4 Å². The number of ether oxygens (including phenoxy) is 1. The van der Waals surface area contributed by atoms with Crippen molar-refractivity contribution in [3.8, 4) is 5.69 Å². The number of amides is 1. The second-order valence-corrected chi connectivity index (χ2v) is 9.12. The number of fused-ring (bicyclic) bond motifs is 1. The molecule has 3 heterocycles. The SMILES string of the molecule is CCCCOC(=O)N1CCC2(CC1)CN([C@@H]1CCc3cc(-n4nccn4)ccc31)C2. The minimum Gasteiger partial charge on any atom is -0.449 e. The molecule has 1 aliphatic carbocycles. The van der Waals surface area contributed by atoms with Gasteiger partial charge in [0, 0.05) is 32.2 Å². The zero-order valence-corrected chi connectivity index (χ0v) is 17.8. The quantitative estimate of drug-likeness (QED) is 0.706. The molecule has 7 heteroatoms. The third-order valence-corrected chi connectivity index (χ3v) is 7.15. The standard InChI is InChI=1S/C23H31N5O2/c1-2-3-14-30-22(29)26-12-8-23(9-13-26)16-27(17-23)21-7-4-18-15-19(5-6-20(18)21)28-24-10-11-25-28/h5-6,10-11,15,21H,2-4,7-9,12-14,16-17H2,1H3/t21-/m1/s1. The van der Waals surface area contributed by atoms with E-state index in [1.807, 2.05) is 4.90 Å². The summed E-state index contributed by atoms with van der Waals surface area (Å²) in [5, 5.41) is 8.50. The van der Waals surface area contributed by atoms with Gasteiger partial charge in [-0.15, -0.1) is 0 Å². The highest BCUT2D eigenvalue weighted by atomic mass is 16.6. The second kappa shape index (κ2) is 8.02. The van der Waals surface area contributed by atoms with Crippen LogP contribution in [0.5, 0.6) is 0 Å². The first-order valence-corrected chi connectivity index (χ1v) is 11.3. The van der Waals surface area contributed by atoms with Crippen molar-refractivity contribution in [3.05, 3.63) is 41.7 Å². The van der Waals surface area contributed by atoms with Gasteiger partial charge < -0.3 is 9.64 Å². The maximum absolute atomic E-state index is 12.2. The first-order valence-electron chi connectivity index (χ1n) is 11.3. The molecule has 2 aliphatic heterocycles. The van der Waals surface area contributed by atoms with Crippen LogP contribution in [-0.4, -0.2) is 63.7 Å². The van der Waals surface area contributed by atoms with Gasteiger partial charge in [-0.2, -0.15) is 15.0 Å². The highest BCUT2D eigenvalue weighted by molar-refractivity contribution is 5.67. The highest BCUT2D eigenvalue weighted by Gasteiger charge is 2.48. The van der Waals surface area contributed by atoms with Crippen LogP contribution in [0.2, 0.25) is 0 Å². The van der Waals surface area contributed by atoms with Crippen molar-refractivity contribution in [1.82, 2.24) is 24.8 Å². The Morgan fingerprint density at radius 3 is 2.70 bits per heavy atom. The van der Waals surface area contributed by atoms with Crippen molar-refractivity contribution in [2.24, 2.45) is 5.41 Å². The van der Waals surface area contributed by atoms with Crippen LogP contribution in [0.15, 0.2) is 30.6 Å². The average molecular weight is 410 g/mol. The summed E-state index contributed by atoms with van der Waals surface area (Å²) < 4.78 is 5.39. The summed E-state index contributed by atoms with van der Waals surface area (Å²) in [7, 11) is 0. The molecule has 1 aromatic carbocycles. The van der Waals surface area contributed by atoms with E-state index in [0.717, 1.165) is 64.0 Å². The Balaban J connectivity index is 1.16. The fourth-order valence-corrected chi connectivity index (χ4v) is 5.34. The van der Waals surface area contributed by atoms with Crippen molar-refractivity contribution < 1.29 is 9.53 Å². The molecule has 5 rings (SSSR count). The molecular weight excluding hydrogens is 378 g/mol. The number of unbranched alkanes of at least 4 members (excludes halogenated alkanes) is 1. The van der Waals surface area contributed by atoms with Crippen LogP contribution in [-0.2, 0) is 11.2 Å². The van der Waals surface area contributed by atoms with Gasteiger partial charge in [-0.3, -0.25) is 4.90 Å². The zero-order chi connectivity index (χ0) is 20.6. The topological polar surface area (TPSA) is 63.5 Å². The molecule has 0 radical (unpaired) electrons. The Labute approximate surface area is 178 Å². The van der Waals surface area contributed by atoms with Gasteiger partial charge in [0.05, 0.1) is 24.7 Å². The van der Waals surface area contributed by atoms with E-state index in [2.05, 4.69) is 40.2 Å². The van der Waals surface area contributed by atoms with Crippen LogP contribution in [0.4, 0.5) is 4.79 Å². The molecule has 1 atom stereocenters. The number of likely N-dealkylation sites (tertiary alicyclic amines) is 2. The number of nitrogens with zero attached hydrogens (tertiary/aromatic N) is 5. The molecule has 7 nitrogen and oxygen atoms in total. The van der Waals surface area contributed by atoms with Gasteiger partial charge in [0.1, 0.15) is 0 Å². The molecule has 0 N–H and O–H groups in total. The van der Waals surface area contributed by atoms with E-state index >= 15 is 0 Å². The Morgan fingerprint density at radius 1 is 1.20 bits per heavy atom. The fraction of sp³-hybridized carbons (Fsp3) is 0.609. The lowest BCUT2D eigenvalue weighted by Crippen LogP contribution is -2.61. The summed E-state index contributed by atoms with van der Waals surface area (Å²) in [6, 6.07) is 7.18. The number of aromatic nitrogens is 3. The zero-order valence-electron chi connectivity index (χ0n) is 17.8. The summed E-state index contributed by atoms with van der Waals surface area (Å²) in [6.45, 7) is 6.63. The van der Waals surface area contributed by atoms with Crippen LogP contribution in [0.1, 0.15) is 56.2 Å². The van der Waals surface area contributed by atoms with Gasteiger partial charge >= 0.3 is 6.09 Å². The Kier molecular flexibility index (Phi) is 5.23. The molecular formula is C23H31N5O2. The molecule has 1 spiro atoms. The van der Waals surface area contributed by atoms with E-state index in [4.69, 9.17) is 4.74 Å². The van der Waals surface area contributed by atoms with E-state index < -0.39 is 0 Å². The monoisotopic (exact) mass is 409 g/mol. The number of carbonyl (C=O) groups excluding carboxylic acids is 1. The molecule has 2 aromatic rings. The number of carbonyl (C=O) groups is 1. The minimum absolute atomic E-state index is 0.123. The lowest BCUT2D eigenvalue weighted by atomic mass is 9.71. The predicted octanol–water partition coefficient (Wildman–Crippen LogP) is 3.59. The maximum Gasteiger partial charge on any atom is 0.409 e. The molecule has 2 fully saturated rings. The Morgan fingerprint density at radius 2 is 1.97 bits per heavy atom. The van der Waals surface area contributed by atoms with Crippen LogP contribution in [0, 0.1) is 5.41 Å². The van der Waals surface area contributed by atoms with Crippen molar-refractivity contribution in [1.29, 1.82) is 0 Å². The lowest BCUT2D eigenvalue weighted by Gasteiger charge is -2.56. The molecule has 0 saturated carbocycles. The van der Waals surface area contributed by atoms with Crippen LogP contribution < -0.4 is 0 Å². The van der Waals surface area contributed by atoms with Crippen LogP contribution >= 0.6 is 0 Å². The average Bonchev–Trinajstić information content (AvgIpc) is 3.42. The molecule has 160 valence electrons. The number of benzene rings is 1. The molecule has 30 heavy (non-hydrogen) atoms. The van der Waals surface area contributed by atoms with Gasteiger partial charge in [0.15, 0.2) is 0 Å². The van der Waals surface area contributed by atoms with Gasteiger partial charge in [0.25, 0.3) is 0 Å². The van der Waals surface area contributed by atoms with E-state index in [1.54, 1.807) is 17.2 Å². The predicted molar refractivity (Wildman–Crippen MR) is 113 cm³/mol. The second-order valence-electron chi connectivity index (χ2n) is 9.12. The molecule has 0 bridgehead atoms. The summed E-state index contributed by atoms with van der Waals surface area (Å²) in [6.07, 6.45) is 9.80. The Hall–Kier alpha value is -2.41. The van der Waals surface area contributed by atoms with E-state index in [1.165, 1.54) is 17.5 Å². The third-order valence-electron chi connectivity index (χ3n) is 7.15. The van der Waals surface area contributed by atoms with Crippen molar-refractivity contribution in [2.45, 2.75) is 51.5 Å². The van der Waals surface area contributed by atoms with Crippen molar-refractivity contribution in [2.75, 3.05) is 32.8 Å². The third kappa shape index (κ3) is 3.60. The molecule has 0 unspecified atom stereocenters. The van der Waals surface area contributed by atoms with Gasteiger partial charge in [-0.25, -0.2) is 4.79 Å². The number of aryl methyl sites for hydroxylation is 1. The normalized spacial score (nSPS) is 22.7. The first kappa shape index (κ1) is 19.5. The first-order chi connectivity index (χ1) is 14.7. The highest BCUT2D eigenvalue weighted by Crippen LogP contribution is 2.47. The van der Waals surface area contributed by atoms with Gasteiger partial charge in [0.2, 0.25) is 0 Å². The lowest BCUT2D eigenvalue weighted by molar-refractivity contribution is -0.0679. The van der Waals surface area contributed by atoms with Crippen molar-refractivity contribution in [3.63, 3.8) is 0 Å². The smallest absolute Gasteiger partial charge is 0.409 e. The summed E-state index contributed by atoms with van der Waals surface area (Å²) in [4.78, 5) is 18.4. The fourth-order valence-electron chi connectivity index (χ4n) is 5.34. The molecule has 2 saturated heterocycles. The largest absolute Gasteiger partial charge is 0.449 e. The van der Waals surface area contributed by atoms with Crippen LogP contribution in [0.3, 0.4) is 0 Å². The van der Waals surface area contributed by atoms with E-state index in [0.29, 0.717) is 18.1 Å². The summed E-state index contributed by atoms with van der Waals surface area (Å²) in [5.74, 6) is 0. The van der Waals surface area contributed by atoms with Crippen molar-refractivity contribution >= 4 is 6.09 Å².